The maximum absolute atomic E-state index is 12.2. The fourth-order valence-corrected chi connectivity index (χ4v) is 12.1. The summed E-state index contributed by atoms with van der Waals surface area (Å²) < 4.78 is 24.1. The lowest BCUT2D eigenvalue weighted by molar-refractivity contribution is 0.400. The predicted molar refractivity (Wildman–Crippen MR) is 85.6 cm³/mol. The third kappa shape index (κ3) is 4.93. The van der Waals surface area contributed by atoms with Gasteiger partial charge >= 0.3 is 0 Å². The summed E-state index contributed by atoms with van der Waals surface area (Å²) in [5.41, 5.74) is 0. The van der Waals surface area contributed by atoms with Crippen LogP contribution in [-0.2, 0) is 13.0 Å². The van der Waals surface area contributed by atoms with Gasteiger partial charge in [0, 0.05) is 0 Å². The SMILES string of the molecule is CC[Si](CC)(CC)O[PH](=O)O[Si](CC)(CC)CC. The molecule has 0 radical (unpaired) electrons. The van der Waals surface area contributed by atoms with Crippen LogP contribution in [0.1, 0.15) is 41.5 Å². The molecule has 3 nitrogen and oxygen atoms in total. The quantitative estimate of drug-likeness (QED) is 0.399. The van der Waals surface area contributed by atoms with Gasteiger partial charge in [0.15, 0.2) is 0 Å². The third-order valence-corrected chi connectivity index (χ3v) is 17.0. The van der Waals surface area contributed by atoms with Crippen LogP contribution >= 0.6 is 8.25 Å². The van der Waals surface area contributed by atoms with E-state index in [1.807, 2.05) is 0 Å². The van der Waals surface area contributed by atoms with Crippen LogP contribution in [0.5, 0.6) is 0 Å². The van der Waals surface area contributed by atoms with Crippen LogP contribution in [0.15, 0.2) is 0 Å². The summed E-state index contributed by atoms with van der Waals surface area (Å²) in [7, 11) is -5.88. The van der Waals surface area contributed by atoms with E-state index in [0.29, 0.717) is 0 Å². The smallest absolute Gasteiger partial charge is 0.299 e. The highest BCUT2D eigenvalue weighted by molar-refractivity contribution is 7.38. The van der Waals surface area contributed by atoms with Crippen LogP contribution in [0.25, 0.3) is 0 Å². The molecule has 0 aliphatic rings. The maximum atomic E-state index is 12.2. The fraction of sp³-hybridized carbons (Fsp3) is 1.00. The van der Waals surface area contributed by atoms with E-state index in [4.69, 9.17) is 8.43 Å². The molecule has 0 rings (SSSR count). The minimum Gasteiger partial charge on any atom is -0.353 e. The molecule has 0 fully saturated rings. The van der Waals surface area contributed by atoms with Crippen LogP contribution < -0.4 is 0 Å². The molecule has 0 saturated carbocycles. The molecule has 0 amide bonds. The van der Waals surface area contributed by atoms with Crippen LogP contribution in [0.3, 0.4) is 0 Å². The standard InChI is InChI=1S/C12H31O3PSi2/c1-7-17(8-2,9-3)14-16(13)15-18(10-4,11-5)12-6/h16H,7-12H2,1-6H3. The second kappa shape index (κ2) is 8.69. The lowest BCUT2D eigenvalue weighted by atomic mass is 10.9. The Balaban J connectivity index is 4.67. The average Bonchev–Trinajstić information content (AvgIpc) is 2.42. The highest BCUT2D eigenvalue weighted by Gasteiger charge is 2.36. The molecule has 0 aliphatic heterocycles. The second-order valence-corrected chi connectivity index (χ2v) is 16.0. The highest BCUT2D eigenvalue weighted by Crippen LogP contribution is 2.40. The highest BCUT2D eigenvalue weighted by atomic mass is 31.1. The van der Waals surface area contributed by atoms with Crippen LogP contribution in [0.4, 0.5) is 0 Å². The van der Waals surface area contributed by atoms with Crippen molar-refractivity contribution in [3.05, 3.63) is 0 Å². The molecule has 0 N–H and O–H groups in total. The van der Waals surface area contributed by atoms with Crippen molar-refractivity contribution in [2.75, 3.05) is 0 Å². The van der Waals surface area contributed by atoms with Gasteiger partial charge in [-0.25, -0.2) is 0 Å². The Morgan fingerprint density at radius 1 is 0.667 bits per heavy atom. The van der Waals surface area contributed by atoms with Gasteiger partial charge in [0.25, 0.3) is 8.25 Å². The first-order chi connectivity index (χ1) is 8.46. The van der Waals surface area contributed by atoms with Crippen molar-refractivity contribution in [2.45, 2.75) is 77.8 Å². The summed E-state index contributed by atoms with van der Waals surface area (Å²) in [6.45, 7) is 12.9. The first-order valence-electron chi connectivity index (χ1n) is 7.38. The molecule has 0 aromatic heterocycles. The molecule has 0 aromatic rings. The first kappa shape index (κ1) is 18.6. The Hall–Kier alpha value is 0.584. The first-order valence-corrected chi connectivity index (χ1v) is 13.7. The molecule has 110 valence electrons. The van der Waals surface area contributed by atoms with Gasteiger partial charge in [0.1, 0.15) is 0 Å². The summed E-state index contributed by atoms with van der Waals surface area (Å²) in [5, 5.41) is 0. The Labute approximate surface area is 116 Å². The van der Waals surface area contributed by atoms with Crippen LogP contribution in [-0.4, -0.2) is 16.6 Å². The van der Waals surface area contributed by atoms with Crippen molar-refractivity contribution in [1.82, 2.24) is 0 Å². The lowest BCUT2D eigenvalue weighted by Crippen LogP contribution is -2.37. The van der Waals surface area contributed by atoms with E-state index in [0.717, 1.165) is 36.3 Å². The van der Waals surface area contributed by atoms with Crippen LogP contribution in [0.2, 0.25) is 36.3 Å². The minimum atomic E-state index is -2.30. The van der Waals surface area contributed by atoms with E-state index in [1.54, 1.807) is 0 Å². The molecule has 0 unspecified atom stereocenters. The Bertz CT molecular complexity index is 213. The van der Waals surface area contributed by atoms with Crippen molar-refractivity contribution in [1.29, 1.82) is 0 Å². The summed E-state index contributed by atoms with van der Waals surface area (Å²) in [5.74, 6) is 0. The van der Waals surface area contributed by atoms with Crippen LogP contribution in [0, 0.1) is 0 Å². The Morgan fingerprint density at radius 3 is 1.06 bits per heavy atom. The van der Waals surface area contributed by atoms with Gasteiger partial charge in [0.2, 0.25) is 16.6 Å². The number of rotatable bonds is 10. The van der Waals surface area contributed by atoms with Crippen molar-refractivity contribution in [3.63, 3.8) is 0 Å². The predicted octanol–water partition coefficient (Wildman–Crippen LogP) is 5.42. The van der Waals surface area contributed by atoms with E-state index < -0.39 is 24.9 Å². The van der Waals surface area contributed by atoms with E-state index in [1.165, 1.54) is 0 Å². The maximum Gasteiger partial charge on any atom is 0.299 e. The largest absolute Gasteiger partial charge is 0.353 e. The van der Waals surface area contributed by atoms with Crippen molar-refractivity contribution in [2.24, 2.45) is 0 Å². The average molecular weight is 311 g/mol. The third-order valence-electron chi connectivity index (χ3n) is 4.47. The van der Waals surface area contributed by atoms with Gasteiger partial charge in [-0.2, -0.15) is 0 Å². The van der Waals surface area contributed by atoms with Crippen molar-refractivity contribution < 1.29 is 13.0 Å². The van der Waals surface area contributed by atoms with E-state index >= 15 is 0 Å². The lowest BCUT2D eigenvalue weighted by Gasteiger charge is -2.32. The zero-order valence-electron chi connectivity index (χ0n) is 13.0. The molecule has 18 heavy (non-hydrogen) atoms. The van der Waals surface area contributed by atoms with E-state index in [2.05, 4.69) is 41.5 Å². The second-order valence-electron chi connectivity index (χ2n) is 4.94. The zero-order valence-corrected chi connectivity index (χ0v) is 16.0. The monoisotopic (exact) mass is 310 g/mol. The van der Waals surface area contributed by atoms with Crippen molar-refractivity contribution >= 4 is 24.9 Å². The molecule has 0 aromatic carbocycles. The molecule has 6 heteroatoms. The molecule has 0 saturated heterocycles. The Kier molecular flexibility index (Phi) is 8.98. The molecular weight excluding hydrogens is 279 g/mol. The van der Waals surface area contributed by atoms with Gasteiger partial charge in [-0.3, -0.25) is 4.57 Å². The molecule has 0 heterocycles. The van der Waals surface area contributed by atoms with Gasteiger partial charge in [0.05, 0.1) is 0 Å². The summed E-state index contributed by atoms with van der Waals surface area (Å²) in [6, 6.07) is 6.16. The molecule has 0 bridgehead atoms. The fourth-order valence-electron chi connectivity index (χ4n) is 2.31. The minimum absolute atomic E-state index is 1.03. The summed E-state index contributed by atoms with van der Waals surface area (Å²) in [6.07, 6.45) is 0. The van der Waals surface area contributed by atoms with Crippen molar-refractivity contribution in [3.8, 4) is 0 Å². The van der Waals surface area contributed by atoms with E-state index in [9.17, 15) is 4.57 Å². The zero-order chi connectivity index (χ0) is 14.2. The number of hydrogen-bond acceptors (Lipinski definition) is 3. The van der Waals surface area contributed by atoms with Gasteiger partial charge in [-0.15, -0.1) is 0 Å². The Morgan fingerprint density at radius 2 is 0.889 bits per heavy atom. The van der Waals surface area contributed by atoms with Gasteiger partial charge < -0.3 is 8.43 Å². The topological polar surface area (TPSA) is 35.5 Å². The number of hydrogen-bond donors (Lipinski definition) is 0. The summed E-state index contributed by atoms with van der Waals surface area (Å²) in [4.78, 5) is 0. The molecule has 0 spiro atoms. The van der Waals surface area contributed by atoms with E-state index in [-0.39, 0.29) is 0 Å². The van der Waals surface area contributed by atoms with Gasteiger partial charge in [-0.1, -0.05) is 41.5 Å². The summed E-state index contributed by atoms with van der Waals surface area (Å²) >= 11 is 0. The molecule has 0 aliphatic carbocycles. The normalized spacial score (nSPS) is 13.3. The molecule has 0 atom stereocenters. The molecular formula is C12H31O3PSi2. The van der Waals surface area contributed by atoms with Gasteiger partial charge in [-0.05, 0) is 36.3 Å².